The summed E-state index contributed by atoms with van der Waals surface area (Å²) in [6.07, 6.45) is -1.11. The van der Waals surface area contributed by atoms with Crippen molar-refractivity contribution in [2.75, 3.05) is 21.1 Å². The summed E-state index contributed by atoms with van der Waals surface area (Å²) in [5.41, 5.74) is 0. The zero-order valence-corrected chi connectivity index (χ0v) is 4.86. The summed E-state index contributed by atoms with van der Waals surface area (Å²) in [6.45, 7) is 0. The minimum absolute atomic E-state index is 0.113. The van der Waals surface area contributed by atoms with Crippen LogP contribution in [0.3, 0.4) is 0 Å². The van der Waals surface area contributed by atoms with E-state index in [1.54, 1.807) is 21.1 Å². The molecule has 0 amide bonds. The van der Waals surface area contributed by atoms with Crippen LogP contribution in [-0.4, -0.2) is 25.6 Å². The third kappa shape index (κ3) is 5.50. The Bertz CT molecular complexity index is 132. The van der Waals surface area contributed by atoms with Gasteiger partial charge in [-0.05, 0) is 0 Å². The molecule has 7 heavy (non-hydrogen) atoms. The molecule has 0 aromatic carbocycles. The van der Waals surface area contributed by atoms with Crippen molar-refractivity contribution in [1.82, 2.24) is 0 Å². The number of quaternary nitrogens is 1. The van der Waals surface area contributed by atoms with Gasteiger partial charge in [0.05, 0.1) is 27.3 Å². The maximum absolute atomic E-state index is 10.2. The average molecular weight is 104 g/mol. The van der Waals surface area contributed by atoms with Crippen LogP contribution in [0.5, 0.6) is 0 Å². The summed E-state index contributed by atoms with van der Waals surface area (Å²) in [5, 5.41) is 10.2. The van der Waals surface area contributed by atoms with Gasteiger partial charge in [0, 0.05) is 1.37 Å². The maximum Gasteiger partial charge on any atom is 0.126 e. The van der Waals surface area contributed by atoms with Crippen molar-refractivity contribution < 1.29 is 12.3 Å². The molecule has 0 spiro atoms. The third-order valence-electron chi connectivity index (χ3n) is 0.381. The third-order valence-corrected chi connectivity index (χ3v) is 0.381. The molecule has 0 saturated heterocycles. The van der Waals surface area contributed by atoms with Gasteiger partial charge in [-0.15, -0.1) is 0 Å². The molecule has 0 unspecified atom stereocenters. The summed E-state index contributed by atoms with van der Waals surface area (Å²) in [6, 6.07) is 0. The fourth-order valence-corrected chi connectivity index (χ4v) is 0.137. The Morgan fingerprint density at radius 2 is 2.00 bits per heavy atom. The summed E-state index contributed by atoms with van der Waals surface area (Å²) >= 11 is 0. The molecule has 0 saturated carbocycles. The smallest absolute Gasteiger partial charge is 0.126 e. The zero-order chi connectivity index (χ0) is 7.65. The Kier molecular flexibility index (Phi) is 0.989. The SMILES string of the molecule is [2H]/C(=[13C](/[2H])[O-])[N+](C)(C)C. The van der Waals surface area contributed by atoms with Crippen molar-refractivity contribution in [2.45, 2.75) is 0 Å². The van der Waals surface area contributed by atoms with Crippen LogP contribution in [0.25, 0.3) is 0 Å². The average Bonchev–Trinajstić information content (AvgIpc) is 1.62. The second-order valence-corrected chi connectivity index (χ2v) is 2.23. The molecule has 0 rings (SSSR count). The molecule has 0 N–H and O–H groups in total. The normalized spacial score (nSPS) is 19.9. The maximum atomic E-state index is 10.2. The van der Waals surface area contributed by atoms with E-state index in [2.05, 4.69) is 0 Å². The highest BCUT2D eigenvalue weighted by Crippen LogP contribution is 1.86. The molecular weight excluding hydrogens is 91.1 g/mol. The van der Waals surface area contributed by atoms with Crippen LogP contribution in [0.1, 0.15) is 2.74 Å². The number of nitrogens with zero attached hydrogens (tertiary/aromatic N) is 1. The van der Waals surface area contributed by atoms with E-state index in [-0.39, 0.29) is 10.7 Å². The number of hydrogen-bond acceptors (Lipinski definition) is 1. The van der Waals surface area contributed by atoms with E-state index in [0.29, 0.717) is 0 Å². The van der Waals surface area contributed by atoms with Crippen LogP contribution in [-0.2, 0) is 0 Å². The zero-order valence-electron chi connectivity index (χ0n) is 6.86. The Morgan fingerprint density at radius 3 is 2.00 bits per heavy atom. The molecule has 0 atom stereocenters. The molecule has 0 aromatic rings. The van der Waals surface area contributed by atoms with Crippen LogP contribution in [0.2, 0.25) is 0 Å². The Hall–Kier alpha value is -0.500. The first-order valence-corrected chi connectivity index (χ1v) is 2.02. The summed E-state index contributed by atoms with van der Waals surface area (Å²) in [7, 11) is 5.03. The molecule has 0 radical (unpaired) electrons. The topological polar surface area (TPSA) is 23.1 Å². The second kappa shape index (κ2) is 1.98. The molecule has 0 aromatic heterocycles. The molecule has 42 valence electrons. The molecule has 0 aliphatic heterocycles. The lowest BCUT2D eigenvalue weighted by Gasteiger charge is -2.17. The van der Waals surface area contributed by atoms with Gasteiger partial charge in [0.25, 0.3) is 0 Å². The van der Waals surface area contributed by atoms with Crippen LogP contribution in [0, 0.1) is 0 Å². The lowest BCUT2D eigenvalue weighted by atomic mass is 10.7. The van der Waals surface area contributed by atoms with Crippen molar-refractivity contribution in [1.29, 1.82) is 0 Å². The standard InChI is InChI=1S/C5H11NO/c1-6(2,3)4-5-7/h4-5H,1-3H3/b5-4+/i4D,5+1D. The largest absolute Gasteiger partial charge is 0.874 e. The highest BCUT2D eigenvalue weighted by atomic mass is 16.3. The van der Waals surface area contributed by atoms with Crippen molar-refractivity contribution in [3.05, 3.63) is 12.4 Å². The van der Waals surface area contributed by atoms with Crippen molar-refractivity contribution in [3.8, 4) is 0 Å². The highest BCUT2D eigenvalue weighted by Gasteiger charge is 1.94. The van der Waals surface area contributed by atoms with Gasteiger partial charge < -0.3 is 9.59 Å². The first-order valence-electron chi connectivity index (χ1n) is 3.02. The van der Waals surface area contributed by atoms with Gasteiger partial charge in [0.2, 0.25) is 0 Å². The monoisotopic (exact) mass is 104 g/mol. The first kappa shape index (κ1) is 3.50. The molecule has 0 bridgehead atoms. The molecule has 2 nitrogen and oxygen atoms in total. The quantitative estimate of drug-likeness (QED) is 0.250. The van der Waals surface area contributed by atoms with E-state index >= 15 is 0 Å². The van der Waals surface area contributed by atoms with Crippen LogP contribution in [0.4, 0.5) is 0 Å². The van der Waals surface area contributed by atoms with E-state index in [4.69, 9.17) is 2.74 Å². The molecule has 0 aliphatic carbocycles. The van der Waals surface area contributed by atoms with E-state index < -0.39 is 6.24 Å². The summed E-state index contributed by atoms with van der Waals surface area (Å²) in [5.74, 6) is 0. The van der Waals surface area contributed by atoms with E-state index in [9.17, 15) is 5.11 Å². The molecule has 0 fully saturated rings. The van der Waals surface area contributed by atoms with E-state index in [1.807, 2.05) is 0 Å². The minimum Gasteiger partial charge on any atom is -0.874 e. The lowest BCUT2D eigenvalue weighted by molar-refractivity contribution is -0.818. The van der Waals surface area contributed by atoms with Crippen LogP contribution < -0.4 is 5.11 Å². The summed E-state index contributed by atoms with van der Waals surface area (Å²) < 4.78 is 13.7. The Balaban J connectivity index is 4.40. The van der Waals surface area contributed by atoms with Gasteiger partial charge in [-0.2, -0.15) is 0 Å². The molecule has 2 heteroatoms. The van der Waals surface area contributed by atoms with Gasteiger partial charge in [-0.1, -0.05) is 6.24 Å². The second-order valence-electron chi connectivity index (χ2n) is 2.23. The Morgan fingerprint density at radius 1 is 1.57 bits per heavy atom. The fourth-order valence-electron chi connectivity index (χ4n) is 0.137. The van der Waals surface area contributed by atoms with Crippen LogP contribution in [0.15, 0.2) is 12.4 Å². The van der Waals surface area contributed by atoms with Crippen LogP contribution >= 0.6 is 0 Å². The number of rotatable bonds is 1. The van der Waals surface area contributed by atoms with Crippen molar-refractivity contribution >= 4 is 0 Å². The number of hydrogen-bond donors (Lipinski definition) is 0. The minimum atomic E-state index is -0.914. The predicted octanol–water partition coefficient (Wildman–Crippen LogP) is -0.476. The van der Waals surface area contributed by atoms with Gasteiger partial charge in [0.1, 0.15) is 1.37 Å². The van der Waals surface area contributed by atoms with Gasteiger partial charge in [-0.3, -0.25) is 0 Å². The van der Waals surface area contributed by atoms with Crippen molar-refractivity contribution in [3.63, 3.8) is 0 Å². The Labute approximate surface area is 47.1 Å². The van der Waals surface area contributed by atoms with Gasteiger partial charge in [0.15, 0.2) is 0 Å². The lowest BCUT2D eigenvalue weighted by Crippen LogP contribution is -2.27. The first-order chi connectivity index (χ1) is 3.85. The van der Waals surface area contributed by atoms with Gasteiger partial charge in [-0.25, -0.2) is 0 Å². The highest BCUT2D eigenvalue weighted by molar-refractivity contribution is 4.53. The van der Waals surface area contributed by atoms with Crippen molar-refractivity contribution in [2.24, 2.45) is 0 Å². The summed E-state index contributed by atoms with van der Waals surface area (Å²) in [4.78, 5) is 0. The van der Waals surface area contributed by atoms with E-state index in [0.717, 1.165) is 0 Å². The van der Waals surface area contributed by atoms with Gasteiger partial charge >= 0.3 is 0 Å². The fraction of sp³-hybridized carbons (Fsp3) is 0.600. The van der Waals surface area contributed by atoms with E-state index in [1.165, 1.54) is 0 Å². The molecule has 0 heterocycles. The predicted molar refractivity (Wildman–Crippen MR) is 27.2 cm³/mol. The molecular formula is C5H11NO. The molecule has 0 aliphatic rings.